The van der Waals surface area contributed by atoms with E-state index >= 15 is 0 Å². The zero-order valence-corrected chi connectivity index (χ0v) is 66.0. The molecule has 0 radical (unpaired) electrons. The van der Waals surface area contributed by atoms with Gasteiger partial charge in [-0.15, -0.1) is 33.2 Å². The molecule has 0 nitrogen and oxygen atoms in total. The lowest BCUT2D eigenvalue weighted by molar-refractivity contribution is 0.647. The van der Waals surface area contributed by atoms with E-state index in [9.17, 15) is 0 Å². The molecule has 3 aromatic heterocycles. The molecule has 10 heterocycles. The van der Waals surface area contributed by atoms with E-state index in [2.05, 4.69) is 218 Å². The van der Waals surface area contributed by atoms with Gasteiger partial charge in [-0.25, -0.2) is 0 Å². The summed E-state index contributed by atoms with van der Waals surface area (Å²) in [6, 6.07) is 66.2. The summed E-state index contributed by atoms with van der Waals surface area (Å²) in [5, 5.41) is 24.1. The first kappa shape index (κ1) is 70.1. The summed E-state index contributed by atoms with van der Waals surface area (Å²) in [6.45, 7) is 0. The third kappa shape index (κ3) is 21.1. The molecule has 0 spiro atoms. The van der Waals surface area contributed by atoms with Gasteiger partial charge in [0.1, 0.15) is 0 Å². The monoisotopic (exact) mass is 1440 g/mol. The summed E-state index contributed by atoms with van der Waals surface area (Å²) in [6.07, 6.45) is 37.2. The van der Waals surface area contributed by atoms with E-state index in [1.54, 1.807) is 78.2 Å². The van der Waals surface area contributed by atoms with Crippen molar-refractivity contribution >= 4 is 160 Å². The van der Waals surface area contributed by atoms with Crippen LogP contribution in [0, 0.1) is 5.92 Å². The van der Waals surface area contributed by atoms with Crippen LogP contribution in [0.5, 0.6) is 0 Å². The summed E-state index contributed by atoms with van der Waals surface area (Å²) in [5.41, 5.74) is 9.52. The van der Waals surface area contributed by atoms with E-state index in [0.29, 0.717) is 0 Å². The number of allylic oxidation sites excluding steroid dienone is 6. The lowest BCUT2D eigenvalue weighted by Crippen LogP contribution is -2.19. The highest BCUT2D eigenvalue weighted by atomic mass is 31.1. The molecule has 0 amide bonds. The van der Waals surface area contributed by atoms with Crippen LogP contribution in [0.3, 0.4) is 0 Å². The Kier molecular flexibility index (Phi) is 29.1. The van der Waals surface area contributed by atoms with Gasteiger partial charge in [-0.05, 0) is 276 Å². The highest BCUT2D eigenvalue weighted by Crippen LogP contribution is 2.49. The molecule has 3 aliphatic carbocycles. The minimum Gasteiger partial charge on any atom is -0.136 e. The molecule has 93 heavy (non-hydrogen) atoms. The number of fused-ring (bicyclic) bond motifs is 11. The normalized spacial score (nSPS) is 19.8. The number of hydrogen-bond donors (Lipinski definition) is 0. The van der Waals surface area contributed by atoms with E-state index in [0.717, 1.165) is 88.4 Å². The van der Waals surface area contributed by atoms with E-state index in [-0.39, 0.29) is 0 Å². The molecule has 10 aliphatic rings. The lowest BCUT2D eigenvalue weighted by Gasteiger charge is -2.18. The summed E-state index contributed by atoms with van der Waals surface area (Å²) in [7, 11) is 13.2. The Morgan fingerprint density at radius 3 is 1.53 bits per heavy atom. The van der Waals surface area contributed by atoms with Crippen molar-refractivity contribution in [3.63, 3.8) is 0 Å². The van der Waals surface area contributed by atoms with Crippen LogP contribution in [0.15, 0.2) is 228 Å². The maximum absolute atomic E-state index is 2.41. The predicted molar refractivity (Wildman–Crippen MR) is 451 cm³/mol. The fourth-order valence-electron chi connectivity index (χ4n) is 13.5. The number of hydrogen-bond acceptors (Lipinski definition) is 0. The van der Waals surface area contributed by atoms with E-state index in [1.807, 2.05) is 0 Å². The Morgan fingerprint density at radius 2 is 0.903 bits per heavy atom. The molecule has 478 valence electrons. The van der Waals surface area contributed by atoms with Crippen LogP contribution < -0.4 is 31.8 Å². The maximum Gasteiger partial charge on any atom is -0.000604 e. The first-order chi connectivity index (χ1) is 46.1. The van der Waals surface area contributed by atoms with Crippen molar-refractivity contribution in [3.8, 4) is 0 Å². The Morgan fingerprint density at radius 1 is 0.398 bits per heavy atom. The largest absolute Gasteiger partial charge is 0.136 e. The molecule has 1 fully saturated rings. The van der Waals surface area contributed by atoms with Gasteiger partial charge in [-0.2, -0.15) is 0 Å². The van der Waals surface area contributed by atoms with Gasteiger partial charge >= 0.3 is 0 Å². The molecule has 7 aliphatic heterocycles. The lowest BCUT2D eigenvalue weighted by atomic mass is 9.98. The second-order valence-corrected chi connectivity index (χ2v) is 41.4. The molecule has 10 aromatic rings. The summed E-state index contributed by atoms with van der Waals surface area (Å²) >= 11 is 0. The molecule has 10 unspecified atom stereocenters. The van der Waals surface area contributed by atoms with Crippen LogP contribution in [0.2, 0.25) is 0 Å². The Hall–Kier alpha value is -2.77. The Balaban J connectivity index is 0.000000101. The van der Waals surface area contributed by atoms with Gasteiger partial charge in [-0.3, -0.25) is 0 Å². The van der Waals surface area contributed by atoms with Crippen LogP contribution in [-0.2, 0) is 44.9 Å². The van der Waals surface area contributed by atoms with Gasteiger partial charge in [0, 0.05) is 0 Å². The van der Waals surface area contributed by atoms with E-state index < -0.39 is 0 Å². The van der Waals surface area contributed by atoms with Crippen LogP contribution in [-0.4, -0.2) is 48.7 Å². The fraction of sp³-hybridized carbons (Fsp3) is 0.296. The first-order valence-corrected chi connectivity index (χ1v) is 48.1. The van der Waals surface area contributed by atoms with Crippen LogP contribution in [0.4, 0.5) is 0 Å². The molecule has 0 N–H and O–H groups in total. The van der Waals surface area contributed by atoms with Crippen molar-refractivity contribution in [2.45, 2.75) is 103 Å². The van der Waals surface area contributed by atoms with Crippen molar-refractivity contribution < 1.29 is 0 Å². The van der Waals surface area contributed by atoms with Gasteiger partial charge in [0.25, 0.3) is 0 Å². The molecule has 20 rings (SSSR count). The molecular weight excluding hydrogens is 1340 g/mol. The fourth-order valence-corrected chi connectivity index (χ4v) is 30.8. The predicted octanol–water partition coefficient (Wildman–Crippen LogP) is 21.8. The standard InChI is InChI=1S/C13H11P.C12H9P.C10H13P.C9H11P.C8H10P2.2C8H11P.C7H9P.C6H9P3/c1-3-7-12-10(5-1)9-11-6-2-4-8-13(11)14-12;1-3-7-11-9(5-1)10-6-2-4-8-12(10)13-11;1-2-7-10-9(5-1)6-3-4-8-11-10;1-2-6-9-8(4-1)5-3-7-10-9;1-2-4-8-7(3-1)9-5-6-10-8;2*1-2-4-8-7(3-1)5-6-9-8;1-2-6-4-5-8-7(6)3-1;1-2-8-6-3-7-4-9-5(1)6/h1-8,14H,9H2;1-8,13H;1-2,5,7,11H,3-4,6,8H2;1-2,4,6,10H,3,5,7H2;1-4,9-10H,5-6H2;5-6,9H,1-4H2;1-2,4,7,9H,3,5-6H2;4-5,8H,1-3H2;2,7,9H,1,3-4H2. The van der Waals surface area contributed by atoms with Crippen molar-refractivity contribution in [1.82, 2.24) is 0 Å². The number of rotatable bonds is 0. The van der Waals surface area contributed by atoms with Gasteiger partial charge in [0.05, 0.1) is 0 Å². The zero-order valence-electron chi connectivity index (χ0n) is 54.1. The molecule has 0 saturated carbocycles. The number of benzene rings is 7. The van der Waals surface area contributed by atoms with Crippen LogP contribution in [0.1, 0.15) is 102 Å². The van der Waals surface area contributed by atoms with Crippen molar-refractivity contribution in [2.24, 2.45) is 5.92 Å². The first-order valence-electron chi connectivity index (χ1n) is 34.3. The molecule has 10 atom stereocenters. The highest BCUT2D eigenvalue weighted by Gasteiger charge is 2.21. The average molecular weight is 1440 g/mol. The third-order valence-corrected chi connectivity index (χ3v) is 36.6. The smallest absolute Gasteiger partial charge is 0.000604 e. The summed E-state index contributed by atoms with van der Waals surface area (Å²) in [4.78, 5) is 0. The topological polar surface area (TPSA) is 0 Å². The van der Waals surface area contributed by atoms with Crippen molar-refractivity contribution in [2.75, 3.05) is 42.9 Å². The second-order valence-electron chi connectivity index (χ2n) is 24.9. The van der Waals surface area contributed by atoms with Gasteiger partial charge in [-0.1, -0.05) is 274 Å². The second kappa shape index (κ2) is 38.6. The van der Waals surface area contributed by atoms with Crippen molar-refractivity contribution in [3.05, 3.63) is 272 Å². The minimum absolute atomic E-state index is 0.844. The maximum atomic E-state index is 2.41. The molecule has 0 bridgehead atoms. The quantitative estimate of drug-likeness (QED) is 0.133. The van der Waals surface area contributed by atoms with Gasteiger partial charge in [0.2, 0.25) is 0 Å². The van der Waals surface area contributed by atoms with Gasteiger partial charge in [0.15, 0.2) is 0 Å². The van der Waals surface area contributed by atoms with Crippen molar-refractivity contribution in [1.29, 1.82) is 0 Å². The average Bonchev–Trinajstić information content (AvgIpc) is 1.99. The third-order valence-electron chi connectivity index (χ3n) is 18.5. The molecule has 7 aromatic carbocycles. The van der Waals surface area contributed by atoms with E-state index in [1.165, 1.54) is 199 Å². The summed E-state index contributed by atoms with van der Waals surface area (Å²) < 4.78 is 0. The van der Waals surface area contributed by atoms with E-state index in [4.69, 9.17) is 0 Å². The summed E-state index contributed by atoms with van der Waals surface area (Å²) in [5.74, 6) is 9.50. The van der Waals surface area contributed by atoms with Gasteiger partial charge < -0.3 is 0 Å². The molecular formula is C81H94P12. The number of aryl methyl sites for hydroxylation is 6. The van der Waals surface area contributed by atoms with Crippen LogP contribution >= 0.6 is 101 Å². The molecule has 1 saturated heterocycles. The highest BCUT2D eigenvalue weighted by molar-refractivity contribution is 7.62. The van der Waals surface area contributed by atoms with Crippen LogP contribution in [0.25, 0.3) is 21.0 Å². The minimum atomic E-state index is 0.844. The Labute approximate surface area is 578 Å². The zero-order chi connectivity index (χ0) is 62.9. The molecule has 12 heteroatoms. The Bertz CT molecular complexity index is 3800. The SMILES string of the molecule is C1=CCC2CCPC2=C1.C1=PC2=C(C1)PCPC2.c1cc2c([pH]1)CCC2.c1cc2c([pH]1)CCCC2.c1ccc2c(c1)CCCCP2.c1ccc2c(c1)CCCP2.c1ccc2c(c1)Cc1ccccc1P2.c1ccc2c(c1)PCCP2.c1ccc2c(c1)[pH]c1ccccc12.